The lowest BCUT2D eigenvalue weighted by Gasteiger charge is -2.08. The summed E-state index contributed by atoms with van der Waals surface area (Å²) in [4.78, 5) is 17.1. The van der Waals surface area contributed by atoms with E-state index < -0.39 is 0 Å². The molecule has 25 heavy (non-hydrogen) atoms. The van der Waals surface area contributed by atoms with Gasteiger partial charge in [0.2, 0.25) is 0 Å². The molecule has 0 unspecified atom stereocenters. The van der Waals surface area contributed by atoms with E-state index in [0.717, 1.165) is 22.4 Å². The van der Waals surface area contributed by atoms with Crippen molar-refractivity contribution in [2.75, 3.05) is 5.32 Å². The van der Waals surface area contributed by atoms with E-state index in [2.05, 4.69) is 20.5 Å². The molecular formula is C18H13N5O2. The van der Waals surface area contributed by atoms with Crippen LogP contribution in [0.4, 0.5) is 5.69 Å². The SMILES string of the molecule is Cc1[nH]nc(C#N)c1C(=O)Nc1ccc2c(c1)C(c1ccoc1)=NC2. The zero-order valence-corrected chi connectivity index (χ0v) is 13.3. The topological polar surface area (TPSA) is 107 Å². The molecule has 0 radical (unpaired) electrons. The number of rotatable bonds is 3. The standard InChI is InChI=1S/C18H13N5O2/c1-10-16(15(7-19)23-22-10)18(24)21-13-3-2-11-8-20-17(14(11)6-13)12-4-5-25-9-12/h2-6,9H,8H2,1H3,(H,21,24)(H,22,23). The largest absolute Gasteiger partial charge is 0.472 e. The minimum Gasteiger partial charge on any atom is -0.472 e. The van der Waals surface area contributed by atoms with Gasteiger partial charge in [-0.25, -0.2) is 0 Å². The maximum Gasteiger partial charge on any atom is 0.260 e. The van der Waals surface area contributed by atoms with Crippen LogP contribution in [0.15, 0.2) is 46.2 Å². The van der Waals surface area contributed by atoms with Crippen LogP contribution in [0.25, 0.3) is 0 Å². The first-order valence-corrected chi connectivity index (χ1v) is 7.64. The van der Waals surface area contributed by atoms with Crippen LogP contribution >= 0.6 is 0 Å². The Morgan fingerprint density at radius 2 is 2.28 bits per heavy atom. The van der Waals surface area contributed by atoms with Crippen molar-refractivity contribution in [2.24, 2.45) is 4.99 Å². The number of aromatic amines is 1. The number of nitrogens with zero attached hydrogens (tertiary/aromatic N) is 3. The Morgan fingerprint density at radius 3 is 3.04 bits per heavy atom. The average Bonchev–Trinajstić information content (AvgIpc) is 3.32. The van der Waals surface area contributed by atoms with Crippen molar-refractivity contribution in [3.05, 3.63) is 70.4 Å². The number of carbonyl (C=O) groups excluding carboxylic acids is 1. The Morgan fingerprint density at radius 1 is 1.40 bits per heavy atom. The maximum absolute atomic E-state index is 12.5. The molecule has 1 amide bonds. The second-order valence-corrected chi connectivity index (χ2v) is 5.69. The summed E-state index contributed by atoms with van der Waals surface area (Å²) >= 11 is 0. The van der Waals surface area contributed by atoms with Crippen LogP contribution < -0.4 is 5.32 Å². The van der Waals surface area contributed by atoms with E-state index in [4.69, 9.17) is 9.68 Å². The molecule has 2 N–H and O–H groups in total. The average molecular weight is 331 g/mol. The number of carbonyl (C=O) groups is 1. The van der Waals surface area contributed by atoms with Crippen molar-refractivity contribution in [2.45, 2.75) is 13.5 Å². The van der Waals surface area contributed by atoms with Crippen LogP contribution in [0, 0.1) is 18.3 Å². The lowest BCUT2D eigenvalue weighted by molar-refractivity contribution is 0.102. The van der Waals surface area contributed by atoms with E-state index in [9.17, 15) is 4.79 Å². The molecule has 122 valence electrons. The number of hydrogen-bond donors (Lipinski definition) is 2. The second-order valence-electron chi connectivity index (χ2n) is 5.69. The molecule has 0 atom stereocenters. The Hall–Kier alpha value is -3.66. The molecule has 4 rings (SSSR count). The first-order chi connectivity index (χ1) is 12.2. The molecule has 2 aromatic heterocycles. The van der Waals surface area contributed by atoms with E-state index in [1.165, 1.54) is 0 Å². The highest BCUT2D eigenvalue weighted by atomic mass is 16.3. The number of H-pyrrole nitrogens is 1. The highest BCUT2D eigenvalue weighted by molar-refractivity contribution is 6.16. The first kappa shape index (κ1) is 14.9. The van der Waals surface area contributed by atoms with Gasteiger partial charge in [0.05, 0.1) is 30.3 Å². The fourth-order valence-electron chi connectivity index (χ4n) is 2.89. The Balaban J connectivity index is 1.64. The molecule has 0 aliphatic carbocycles. The predicted octanol–water partition coefficient (Wildman–Crippen LogP) is 2.79. The van der Waals surface area contributed by atoms with Crippen molar-refractivity contribution in [3.8, 4) is 6.07 Å². The number of furan rings is 1. The van der Waals surface area contributed by atoms with Crippen molar-refractivity contribution in [1.82, 2.24) is 10.2 Å². The van der Waals surface area contributed by atoms with Crippen LogP contribution in [0.5, 0.6) is 0 Å². The molecule has 0 bridgehead atoms. The number of nitrogens with one attached hydrogen (secondary N) is 2. The fraction of sp³-hybridized carbons (Fsp3) is 0.111. The summed E-state index contributed by atoms with van der Waals surface area (Å²) in [5, 5.41) is 18.4. The van der Waals surface area contributed by atoms with E-state index in [1.54, 1.807) is 19.5 Å². The minimum absolute atomic E-state index is 0.0804. The molecule has 7 heteroatoms. The lowest BCUT2D eigenvalue weighted by atomic mass is 10.0. The predicted molar refractivity (Wildman–Crippen MR) is 90.5 cm³/mol. The molecule has 7 nitrogen and oxygen atoms in total. The summed E-state index contributed by atoms with van der Waals surface area (Å²) in [7, 11) is 0. The molecular weight excluding hydrogens is 318 g/mol. The Bertz CT molecular complexity index is 1040. The monoisotopic (exact) mass is 331 g/mol. The van der Waals surface area contributed by atoms with Gasteiger partial charge in [-0.2, -0.15) is 10.4 Å². The van der Waals surface area contributed by atoms with Gasteiger partial charge in [-0.15, -0.1) is 0 Å². The summed E-state index contributed by atoms with van der Waals surface area (Å²) in [6.07, 6.45) is 3.25. The first-order valence-electron chi connectivity index (χ1n) is 7.64. The Kier molecular flexibility index (Phi) is 3.43. The molecule has 0 saturated carbocycles. The van der Waals surface area contributed by atoms with Crippen LogP contribution in [0.1, 0.15) is 38.4 Å². The van der Waals surface area contributed by atoms with Gasteiger partial charge in [0.25, 0.3) is 5.91 Å². The van der Waals surface area contributed by atoms with Gasteiger partial charge in [0.1, 0.15) is 6.07 Å². The van der Waals surface area contributed by atoms with E-state index in [-0.39, 0.29) is 17.2 Å². The maximum atomic E-state index is 12.5. The van der Waals surface area contributed by atoms with Gasteiger partial charge in [-0.3, -0.25) is 14.9 Å². The molecule has 3 aromatic rings. The Labute approximate surface area is 143 Å². The molecule has 0 spiro atoms. The summed E-state index contributed by atoms with van der Waals surface area (Å²) in [5.41, 5.74) is 5.32. The lowest BCUT2D eigenvalue weighted by Crippen LogP contribution is -2.14. The van der Waals surface area contributed by atoms with Crippen molar-refractivity contribution in [3.63, 3.8) is 0 Å². The normalized spacial score (nSPS) is 12.4. The number of amides is 1. The molecule has 0 saturated heterocycles. The fourth-order valence-corrected chi connectivity index (χ4v) is 2.89. The highest BCUT2D eigenvalue weighted by Crippen LogP contribution is 2.26. The molecule has 1 aliphatic rings. The van der Waals surface area contributed by atoms with Gasteiger partial charge in [0, 0.05) is 22.5 Å². The number of anilines is 1. The summed E-state index contributed by atoms with van der Waals surface area (Å²) in [6, 6.07) is 9.42. The smallest absolute Gasteiger partial charge is 0.260 e. The molecule has 3 heterocycles. The van der Waals surface area contributed by atoms with Crippen LogP contribution in [-0.4, -0.2) is 21.8 Å². The van der Waals surface area contributed by atoms with E-state index in [0.29, 0.717) is 17.9 Å². The molecule has 1 aromatic carbocycles. The minimum atomic E-state index is -0.373. The number of aliphatic imine (C=N–C) groups is 1. The third-order valence-corrected chi connectivity index (χ3v) is 4.11. The number of nitriles is 1. The van der Waals surface area contributed by atoms with Crippen LogP contribution in [0.2, 0.25) is 0 Å². The zero-order valence-electron chi connectivity index (χ0n) is 13.3. The zero-order chi connectivity index (χ0) is 17.4. The highest BCUT2D eigenvalue weighted by Gasteiger charge is 2.21. The third-order valence-electron chi connectivity index (χ3n) is 4.11. The van der Waals surface area contributed by atoms with Gasteiger partial charge >= 0.3 is 0 Å². The van der Waals surface area contributed by atoms with E-state index in [1.807, 2.05) is 30.3 Å². The number of hydrogen-bond acceptors (Lipinski definition) is 5. The van der Waals surface area contributed by atoms with Crippen molar-refractivity contribution >= 4 is 17.3 Å². The number of aromatic nitrogens is 2. The van der Waals surface area contributed by atoms with Crippen molar-refractivity contribution < 1.29 is 9.21 Å². The van der Waals surface area contributed by atoms with Gasteiger partial charge in [-0.05, 0) is 30.7 Å². The number of aryl methyl sites for hydroxylation is 1. The summed E-state index contributed by atoms with van der Waals surface area (Å²) in [6.45, 7) is 2.30. The number of fused-ring (bicyclic) bond motifs is 1. The van der Waals surface area contributed by atoms with Gasteiger partial charge in [-0.1, -0.05) is 6.07 Å². The van der Waals surface area contributed by atoms with Gasteiger partial charge in [0.15, 0.2) is 5.69 Å². The second kappa shape index (κ2) is 5.76. The summed E-state index contributed by atoms with van der Waals surface area (Å²) in [5.74, 6) is -0.373. The third kappa shape index (κ3) is 2.50. The molecule has 0 fully saturated rings. The van der Waals surface area contributed by atoms with Gasteiger partial charge < -0.3 is 9.73 Å². The quantitative estimate of drug-likeness (QED) is 0.769. The van der Waals surface area contributed by atoms with E-state index >= 15 is 0 Å². The van der Waals surface area contributed by atoms with Crippen LogP contribution in [-0.2, 0) is 6.54 Å². The van der Waals surface area contributed by atoms with Crippen LogP contribution in [0.3, 0.4) is 0 Å². The molecule has 1 aliphatic heterocycles. The summed E-state index contributed by atoms with van der Waals surface area (Å²) < 4.78 is 5.13. The van der Waals surface area contributed by atoms with Crippen molar-refractivity contribution in [1.29, 1.82) is 5.26 Å². The number of benzene rings is 1.